The van der Waals surface area contributed by atoms with Crippen LogP contribution in [0, 0.1) is 6.92 Å². The van der Waals surface area contributed by atoms with Crippen molar-refractivity contribution in [3.63, 3.8) is 0 Å². The summed E-state index contributed by atoms with van der Waals surface area (Å²) in [4.78, 5) is 4.47. The Morgan fingerprint density at radius 2 is 1.77 bits per heavy atom. The molecule has 0 aliphatic rings. The monoisotopic (exact) mass is 345 g/mol. The van der Waals surface area contributed by atoms with Crippen molar-refractivity contribution in [3.05, 3.63) is 66.4 Å². The highest BCUT2D eigenvalue weighted by Gasteiger charge is 2.07. The van der Waals surface area contributed by atoms with Gasteiger partial charge in [0.15, 0.2) is 0 Å². The van der Waals surface area contributed by atoms with Gasteiger partial charge in [-0.15, -0.1) is 0 Å². The SMILES string of the molecule is Cc1cccc2c(NCCNc3nnnn3-c3ccccc3)ccnc12. The molecular formula is C19H19N7. The number of rotatable bonds is 6. The fourth-order valence-electron chi connectivity index (χ4n) is 2.89. The van der Waals surface area contributed by atoms with E-state index in [9.17, 15) is 0 Å². The summed E-state index contributed by atoms with van der Waals surface area (Å²) in [6, 6.07) is 18.0. The van der Waals surface area contributed by atoms with Crippen LogP contribution in [0.3, 0.4) is 0 Å². The minimum absolute atomic E-state index is 0.619. The lowest BCUT2D eigenvalue weighted by atomic mass is 10.1. The predicted molar refractivity (Wildman–Crippen MR) is 103 cm³/mol. The number of aromatic nitrogens is 5. The van der Waals surface area contributed by atoms with Gasteiger partial charge in [0, 0.05) is 30.4 Å². The van der Waals surface area contributed by atoms with E-state index in [1.54, 1.807) is 4.68 Å². The molecule has 0 unspecified atom stereocenters. The standard InChI is InChI=1S/C19H19N7/c1-14-6-5-9-16-17(10-11-21-18(14)16)20-12-13-22-19-23-24-25-26(19)15-7-3-2-4-8-15/h2-11H,12-13H2,1H3,(H,20,21)(H,22,23,25). The van der Waals surface area contributed by atoms with Crippen LogP contribution in [0.4, 0.5) is 11.6 Å². The van der Waals surface area contributed by atoms with Crippen molar-refractivity contribution in [2.45, 2.75) is 6.92 Å². The predicted octanol–water partition coefficient (Wildman–Crippen LogP) is 3.04. The molecule has 2 aromatic carbocycles. The van der Waals surface area contributed by atoms with Crippen LogP contribution in [-0.2, 0) is 0 Å². The van der Waals surface area contributed by atoms with Gasteiger partial charge in [-0.2, -0.15) is 4.68 Å². The number of hydrogen-bond donors (Lipinski definition) is 2. The van der Waals surface area contributed by atoms with Crippen molar-refractivity contribution in [2.75, 3.05) is 23.7 Å². The zero-order valence-electron chi connectivity index (χ0n) is 14.4. The minimum Gasteiger partial charge on any atom is -0.383 e. The van der Waals surface area contributed by atoms with Crippen molar-refractivity contribution < 1.29 is 0 Å². The Morgan fingerprint density at radius 3 is 2.65 bits per heavy atom. The second-order valence-electron chi connectivity index (χ2n) is 5.93. The van der Waals surface area contributed by atoms with Crippen molar-refractivity contribution >= 4 is 22.5 Å². The van der Waals surface area contributed by atoms with Crippen LogP contribution < -0.4 is 10.6 Å². The van der Waals surface area contributed by atoms with Gasteiger partial charge in [-0.25, -0.2) is 0 Å². The Kier molecular flexibility index (Phi) is 4.42. The molecule has 0 radical (unpaired) electrons. The lowest BCUT2D eigenvalue weighted by Crippen LogP contribution is -2.16. The van der Waals surface area contributed by atoms with Crippen molar-refractivity contribution in [1.82, 2.24) is 25.2 Å². The Labute approximate surface area is 151 Å². The second kappa shape index (κ2) is 7.18. The highest BCUT2D eigenvalue weighted by molar-refractivity contribution is 5.92. The molecule has 130 valence electrons. The van der Waals surface area contributed by atoms with Crippen molar-refractivity contribution in [1.29, 1.82) is 0 Å². The number of para-hydroxylation sites is 2. The van der Waals surface area contributed by atoms with Gasteiger partial charge in [0.2, 0.25) is 5.95 Å². The molecule has 0 fully saturated rings. The smallest absolute Gasteiger partial charge is 0.247 e. The van der Waals surface area contributed by atoms with E-state index in [0.717, 1.165) is 28.8 Å². The molecule has 0 spiro atoms. The molecule has 0 saturated heterocycles. The minimum atomic E-state index is 0.619. The molecule has 7 nitrogen and oxygen atoms in total. The van der Waals surface area contributed by atoms with Gasteiger partial charge in [-0.3, -0.25) is 4.98 Å². The van der Waals surface area contributed by atoms with E-state index in [1.807, 2.05) is 42.6 Å². The number of benzene rings is 2. The summed E-state index contributed by atoms with van der Waals surface area (Å²) in [7, 11) is 0. The van der Waals surface area contributed by atoms with Crippen LogP contribution in [0.15, 0.2) is 60.8 Å². The average molecular weight is 345 g/mol. The maximum atomic E-state index is 4.47. The number of anilines is 2. The Morgan fingerprint density at radius 1 is 0.923 bits per heavy atom. The van der Waals surface area contributed by atoms with Gasteiger partial charge in [0.1, 0.15) is 0 Å². The maximum absolute atomic E-state index is 4.47. The van der Waals surface area contributed by atoms with E-state index in [4.69, 9.17) is 0 Å². The summed E-state index contributed by atoms with van der Waals surface area (Å²) >= 11 is 0. The summed E-state index contributed by atoms with van der Waals surface area (Å²) in [6.07, 6.45) is 1.83. The molecule has 7 heteroatoms. The van der Waals surface area contributed by atoms with E-state index in [-0.39, 0.29) is 0 Å². The quantitative estimate of drug-likeness (QED) is 0.523. The van der Waals surface area contributed by atoms with Gasteiger partial charge in [-0.1, -0.05) is 41.5 Å². The summed E-state index contributed by atoms with van der Waals surface area (Å²) in [5.74, 6) is 0.619. The fraction of sp³-hybridized carbons (Fsp3) is 0.158. The zero-order chi connectivity index (χ0) is 17.8. The lowest BCUT2D eigenvalue weighted by Gasteiger charge is -2.11. The molecular weight excluding hydrogens is 326 g/mol. The molecule has 26 heavy (non-hydrogen) atoms. The van der Waals surface area contributed by atoms with Crippen LogP contribution in [0.25, 0.3) is 16.6 Å². The van der Waals surface area contributed by atoms with Gasteiger partial charge >= 0.3 is 0 Å². The largest absolute Gasteiger partial charge is 0.383 e. The zero-order valence-corrected chi connectivity index (χ0v) is 14.4. The number of nitrogens with one attached hydrogen (secondary N) is 2. The van der Waals surface area contributed by atoms with Crippen molar-refractivity contribution in [3.8, 4) is 5.69 Å². The molecule has 2 aromatic heterocycles. The summed E-state index contributed by atoms with van der Waals surface area (Å²) in [5, 5.41) is 19.7. The van der Waals surface area contributed by atoms with Crippen LogP contribution in [0.1, 0.15) is 5.56 Å². The second-order valence-corrected chi connectivity index (χ2v) is 5.93. The first-order chi connectivity index (χ1) is 12.8. The third-order valence-electron chi connectivity index (χ3n) is 4.17. The molecule has 0 bridgehead atoms. The Hall–Kier alpha value is -3.48. The van der Waals surface area contributed by atoms with E-state index in [2.05, 4.69) is 56.3 Å². The van der Waals surface area contributed by atoms with Gasteiger partial charge in [-0.05, 0) is 41.1 Å². The normalized spacial score (nSPS) is 10.8. The number of pyridine rings is 1. The first-order valence-corrected chi connectivity index (χ1v) is 8.49. The highest BCUT2D eigenvalue weighted by Crippen LogP contribution is 2.23. The van der Waals surface area contributed by atoms with E-state index >= 15 is 0 Å². The number of tetrazole rings is 1. The molecule has 0 amide bonds. The average Bonchev–Trinajstić information content (AvgIpc) is 3.15. The third-order valence-corrected chi connectivity index (χ3v) is 4.17. The molecule has 0 saturated carbocycles. The summed E-state index contributed by atoms with van der Waals surface area (Å²) in [5.41, 5.74) is 4.19. The summed E-state index contributed by atoms with van der Waals surface area (Å²) < 4.78 is 1.69. The van der Waals surface area contributed by atoms with Gasteiger partial charge in [0.25, 0.3) is 0 Å². The van der Waals surface area contributed by atoms with Gasteiger partial charge < -0.3 is 10.6 Å². The van der Waals surface area contributed by atoms with E-state index in [0.29, 0.717) is 12.5 Å². The number of nitrogens with zero attached hydrogens (tertiary/aromatic N) is 5. The van der Waals surface area contributed by atoms with Crippen LogP contribution in [0.5, 0.6) is 0 Å². The first kappa shape index (κ1) is 16.0. The van der Waals surface area contributed by atoms with E-state index in [1.165, 1.54) is 5.56 Å². The molecule has 0 aliphatic heterocycles. The topological polar surface area (TPSA) is 80.5 Å². The molecule has 2 heterocycles. The van der Waals surface area contributed by atoms with Crippen LogP contribution >= 0.6 is 0 Å². The molecule has 4 rings (SSSR count). The van der Waals surface area contributed by atoms with Crippen molar-refractivity contribution in [2.24, 2.45) is 0 Å². The van der Waals surface area contributed by atoms with E-state index < -0.39 is 0 Å². The first-order valence-electron chi connectivity index (χ1n) is 8.49. The lowest BCUT2D eigenvalue weighted by molar-refractivity contribution is 0.789. The number of fused-ring (bicyclic) bond motifs is 1. The number of aryl methyl sites for hydroxylation is 1. The highest BCUT2D eigenvalue weighted by atomic mass is 15.6. The molecule has 0 aliphatic carbocycles. The Bertz CT molecular complexity index is 1010. The fourth-order valence-corrected chi connectivity index (χ4v) is 2.89. The maximum Gasteiger partial charge on any atom is 0.247 e. The van der Waals surface area contributed by atoms with Gasteiger partial charge in [0.05, 0.1) is 11.2 Å². The Balaban J connectivity index is 1.42. The summed E-state index contributed by atoms with van der Waals surface area (Å²) in [6.45, 7) is 3.49. The number of hydrogen-bond acceptors (Lipinski definition) is 6. The van der Waals surface area contributed by atoms with Crippen LogP contribution in [0.2, 0.25) is 0 Å². The third kappa shape index (κ3) is 3.19. The molecule has 4 aromatic rings. The van der Waals surface area contributed by atoms with Crippen LogP contribution in [-0.4, -0.2) is 38.3 Å². The molecule has 2 N–H and O–H groups in total. The molecule has 0 atom stereocenters.